The van der Waals surface area contributed by atoms with E-state index in [1.54, 1.807) is 0 Å². The SMILES string of the molecule is Cc1nc(Cl)nc(Sc2ccc(Br)cc2)c1N. The van der Waals surface area contributed by atoms with Crippen molar-refractivity contribution in [2.75, 3.05) is 5.73 Å². The largest absolute Gasteiger partial charge is 0.395 e. The summed E-state index contributed by atoms with van der Waals surface area (Å²) < 4.78 is 1.03. The van der Waals surface area contributed by atoms with E-state index in [1.807, 2.05) is 31.2 Å². The van der Waals surface area contributed by atoms with Crippen molar-refractivity contribution in [2.45, 2.75) is 16.8 Å². The van der Waals surface area contributed by atoms with Crippen LogP contribution in [-0.4, -0.2) is 9.97 Å². The second-order valence-electron chi connectivity index (χ2n) is 3.35. The van der Waals surface area contributed by atoms with Crippen molar-refractivity contribution in [1.29, 1.82) is 0 Å². The van der Waals surface area contributed by atoms with Gasteiger partial charge in [0.05, 0.1) is 11.4 Å². The predicted octanol–water partition coefficient (Wildman–Crippen LogP) is 3.93. The molecule has 0 unspecified atom stereocenters. The van der Waals surface area contributed by atoms with Gasteiger partial charge in [-0.15, -0.1) is 0 Å². The first kappa shape index (κ1) is 12.7. The summed E-state index contributed by atoms with van der Waals surface area (Å²) in [6, 6.07) is 7.90. The first-order valence-corrected chi connectivity index (χ1v) is 6.78. The van der Waals surface area contributed by atoms with Gasteiger partial charge in [0.15, 0.2) is 0 Å². The third-order valence-electron chi connectivity index (χ3n) is 2.10. The molecule has 1 aromatic heterocycles. The third kappa shape index (κ3) is 3.12. The Hall–Kier alpha value is -0.780. The Balaban J connectivity index is 2.32. The first-order valence-electron chi connectivity index (χ1n) is 4.79. The number of nitrogen functional groups attached to an aromatic ring is 1. The number of aryl methyl sites for hydroxylation is 1. The highest BCUT2D eigenvalue weighted by molar-refractivity contribution is 9.10. The molecule has 3 nitrogen and oxygen atoms in total. The van der Waals surface area contributed by atoms with Crippen LogP contribution in [-0.2, 0) is 0 Å². The molecule has 1 heterocycles. The van der Waals surface area contributed by atoms with Gasteiger partial charge in [0, 0.05) is 9.37 Å². The van der Waals surface area contributed by atoms with Crippen LogP contribution in [0.5, 0.6) is 0 Å². The molecule has 2 aromatic rings. The summed E-state index contributed by atoms with van der Waals surface area (Å²) >= 11 is 10.7. The molecule has 88 valence electrons. The lowest BCUT2D eigenvalue weighted by atomic mass is 10.4. The minimum Gasteiger partial charge on any atom is -0.395 e. The number of halogens is 2. The number of hydrogen-bond acceptors (Lipinski definition) is 4. The molecule has 0 aliphatic rings. The summed E-state index contributed by atoms with van der Waals surface area (Å²) in [4.78, 5) is 9.18. The Morgan fingerprint density at radius 2 is 1.88 bits per heavy atom. The van der Waals surface area contributed by atoms with Crippen molar-refractivity contribution < 1.29 is 0 Å². The summed E-state index contributed by atoms with van der Waals surface area (Å²) in [5, 5.41) is 0.904. The Kier molecular flexibility index (Phi) is 3.91. The molecule has 2 rings (SSSR count). The van der Waals surface area contributed by atoms with Crippen LogP contribution in [0.2, 0.25) is 5.28 Å². The lowest BCUT2D eigenvalue weighted by Gasteiger charge is -2.07. The van der Waals surface area contributed by atoms with E-state index in [0.717, 1.165) is 9.37 Å². The number of benzene rings is 1. The summed E-state index contributed by atoms with van der Waals surface area (Å²) in [7, 11) is 0. The standard InChI is InChI=1S/C11H9BrClN3S/c1-6-9(14)10(16-11(13)15-6)17-8-4-2-7(12)3-5-8/h2-5H,14H2,1H3. The maximum Gasteiger partial charge on any atom is 0.223 e. The summed E-state index contributed by atoms with van der Waals surface area (Å²) in [6.07, 6.45) is 0. The maximum atomic E-state index is 5.92. The molecule has 1 aromatic carbocycles. The molecule has 0 atom stereocenters. The zero-order valence-electron chi connectivity index (χ0n) is 8.95. The van der Waals surface area contributed by atoms with Gasteiger partial charge in [0.1, 0.15) is 5.03 Å². The minimum atomic E-state index is 0.219. The maximum absolute atomic E-state index is 5.92. The highest BCUT2D eigenvalue weighted by Crippen LogP contribution is 2.32. The lowest BCUT2D eigenvalue weighted by Crippen LogP contribution is -1.99. The normalized spacial score (nSPS) is 10.5. The smallest absolute Gasteiger partial charge is 0.223 e. The number of anilines is 1. The predicted molar refractivity (Wildman–Crippen MR) is 74.5 cm³/mol. The van der Waals surface area contributed by atoms with E-state index in [9.17, 15) is 0 Å². The molecule has 0 aliphatic heterocycles. The van der Waals surface area contributed by atoms with Gasteiger partial charge in [-0.05, 0) is 42.8 Å². The molecular formula is C11H9BrClN3S. The molecular weight excluding hydrogens is 322 g/mol. The van der Waals surface area contributed by atoms with E-state index in [4.69, 9.17) is 17.3 Å². The first-order chi connectivity index (χ1) is 8.06. The van der Waals surface area contributed by atoms with Crippen LogP contribution >= 0.6 is 39.3 Å². The fourth-order valence-corrected chi connectivity index (χ4v) is 2.63. The molecule has 0 amide bonds. The van der Waals surface area contributed by atoms with Crippen LogP contribution in [0.3, 0.4) is 0 Å². The van der Waals surface area contributed by atoms with Gasteiger partial charge in [-0.3, -0.25) is 0 Å². The molecule has 2 N–H and O–H groups in total. The Labute approximate surface area is 117 Å². The molecule has 0 saturated carbocycles. The van der Waals surface area contributed by atoms with Gasteiger partial charge in [-0.25, -0.2) is 9.97 Å². The molecule has 6 heteroatoms. The van der Waals surface area contributed by atoms with Crippen LogP contribution in [0.15, 0.2) is 38.7 Å². The van der Waals surface area contributed by atoms with Gasteiger partial charge in [-0.2, -0.15) is 0 Å². The van der Waals surface area contributed by atoms with E-state index in [1.165, 1.54) is 11.8 Å². The second-order valence-corrected chi connectivity index (χ2v) is 5.67. The fraction of sp³-hybridized carbons (Fsp3) is 0.0909. The molecule has 0 radical (unpaired) electrons. The number of nitrogens with two attached hydrogens (primary N) is 1. The average molecular weight is 331 g/mol. The van der Waals surface area contributed by atoms with Gasteiger partial charge < -0.3 is 5.73 Å². The van der Waals surface area contributed by atoms with Crippen molar-refractivity contribution in [3.05, 3.63) is 39.7 Å². The molecule has 0 saturated heterocycles. The Morgan fingerprint density at radius 3 is 2.53 bits per heavy atom. The molecule has 0 aliphatic carbocycles. The van der Waals surface area contributed by atoms with Crippen LogP contribution in [0, 0.1) is 6.92 Å². The molecule has 0 spiro atoms. The topological polar surface area (TPSA) is 51.8 Å². The highest BCUT2D eigenvalue weighted by Gasteiger charge is 2.09. The van der Waals surface area contributed by atoms with Gasteiger partial charge in [0.25, 0.3) is 0 Å². The molecule has 0 bridgehead atoms. The van der Waals surface area contributed by atoms with Crippen LogP contribution < -0.4 is 5.73 Å². The Morgan fingerprint density at radius 1 is 1.24 bits per heavy atom. The number of rotatable bonds is 2. The van der Waals surface area contributed by atoms with Gasteiger partial charge in [-0.1, -0.05) is 27.7 Å². The average Bonchev–Trinajstić information content (AvgIpc) is 2.28. The van der Waals surface area contributed by atoms with Crippen molar-refractivity contribution in [3.63, 3.8) is 0 Å². The fourth-order valence-electron chi connectivity index (χ4n) is 1.21. The summed E-state index contributed by atoms with van der Waals surface area (Å²) in [5.74, 6) is 0. The van der Waals surface area contributed by atoms with Crippen LogP contribution in [0.25, 0.3) is 0 Å². The summed E-state index contributed by atoms with van der Waals surface area (Å²) in [6.45, 7) is 1.81. The zero-order chi connectivity index (χ0) is 12.4. The van der Waals surface area contributed by atoms with Crippen molar-refractivity contribution >= 4 is 45.0 Å². The number of nitrogens with zero attached hydrogens (tertiary/aromatic N) is 2. The van der Waals surface area contributed by atoms with Crippen LogP contribution in [0.4, 0.5) is 5.69 Å². The van der Waals surface area contributed by atoms with Crippen molar-refractivity contribution in [2.24, 2.45) is 0 Å². The quantitative estimate of drug-likeness (QED) is 0.669. The van der Waals surface area contributed by atoms with Gasteiger partial charge >= 0.3 is 0 Å². The molecule has 0 fully saturated rings. The monoisotopic (exact) mass is 329 g/mol. The Bertz CT molecular complexity index is 545. The third-order valence-corrected chi connectivity index (χ3v) is 3.81. The number of hydrogen-bond donors (Lipinski definition) is 1. The van der Waals surface area contributed by atoms with Crippen LogP contribution in [0.1, 0.15) is 5.69 Å². The van der Waals surface area contributed by atoms with E-state index in [-0.39, 0.29) is 5.28 Å². The summed E-state index contributed by atoms with van der Waals surface area (Å²) in [5.41, 5.74) is 7.19. The van der Waals surface area contributed by atoms with E-state index >= 15 is 0 Å². The van der Waals surface area contributed by atoms with Gasteiger partial charge in [0.2, 0.25) is 5.28 Å². The lowest BCUT2D eigenvalue weighted by molar-refractivity contribution is 1.02. The minimum absolute atomic E-state index is 0.219. The van der Waals surface area contributed by atoms with E-state index < -0.39 is 0 Å². The van der Waals surface area contributed by atoms with Crippen molar-refractivity contribution in [1.82, 2.24) is 9.97 Å². The van der Waals surface area contributed by atoms with E-state index in [2.05, 4.69) is 25.9 Å². The highest BCUT2D eigenvalue weighted by atomic mass is 79.9. The number of aromatic nitrogens is 2. The van der Waals surface area contributed by atoms with Crippen molar-refractivity contribution in [3.8, 4) is 0 Å². The second kappa shape index (κ2) is 5.25. The zero-order valence-corrected chi connectivity index (χ0v) is 12.1. The molecule has 17 heavy (non-hydrogen) atoms. The van der Waals surface area contributed by atoms with E-state index in [0.29, 0.717) is 16.4 Å².